The topological polar surface area (TPSA) is 50.3 Å². The standard InChI is InChI=1S/C34H33ClN4O/c1-23-7-3-5-9-32(23)40-33-10-6-4-8-29(33)26-13-16-31-30(21-26)24(2)36-34(38-31)37-28-17-19-39(20-18-28)22-25-11-14-27(35)15-12-25/h3-16,21,28H,17-20,22H2,1-2H3,(H,36,37,38). The van der Waals surface area contributed by atoms with Crippen molar-refractivity contribution in [1.82, 2.24) is 14.9 Å². The van der Waals surface area contributed by atoms with E-state index in [1.54, 1.807) is 0 Å². The predicted molar refractivity (Wildman–Crippen MR) is 164 cm³/mol. The summed E-state index contributed by atoms with van der Waals surface area (Å²) < 4.78 is 6.34. The zero-order valence-electron chi connectivity index (χ0n) is 22.9. The van der Waals surface area contributed by atoms with Crippen molar-refractivity contribution in [3.8, 4) is 22.6 Å². The predicted octanol–water partition coefficient (Wildman–Crippen LogP) is 8.44. The van der Waals surface area contributed by atoms with Gasteiger partial charge in [-0.25, -0.2) is 9.97 Å². The van der Waals surface area contributed by atoms with Crippen LogP contribution in [0.15, 0.2) is 91.0 Å². The van der Waals surface area contributed by atoms with Gasteiger partial charge in [0.05, 0.1) is 11.2 Å². The number of halogens is 1. The van der Waals surface area contributed by atoms with Crippen molar-refractivity contribution in [2.24, 2.45) is 0 Å². The molecule has 0 unspecified atom stereocenters. The maximum absolute atomic E-state index is 6.34. The summed E-state index contributed by atoms with van der Waals surface area (Å²) in [4.78, 5) is 12.2. The third-order valence-electron chi connectivity index (χ3n) is 7.64. The van der Waals surface area contributed by atoms with Crippen LogP contribution in [0.2, 0.25) is 5.02 Å². The van der Waals surface area contributed by atoms with Gasteiger partial charge in [-0.2, -0.15) is 0 Å². The van der Waals surface area contributed by atoms with E-state index in [4.69, 9.17) is 26.3 Å². The highest BCUT2D eigenvalue weighted by molar-refractivity contribution is 6.30. The molecule has 202 valence electrons. The van der Waals surface area contributed by atoms with Crippen LogP contribution in [0.4, 0.5) is 5.95 Å². The van der Waals surface area contributed by atoms with Crippen molar-refractivity contribution in [2.45, 2.75) is 39.3 Å². The van der Waals surface area contributed by atoms with Crippen LogP contribution in [0, 0.1) is 13.8 Å². The van der Waals surface area contributed by atoms with Crippen molar-refractivity contribution >= 4 is 28.5 Å². The minimum absolute atomic E-state index is 0.364. The average Bonchev–Trinajstić information content (AvgIpc) is 2.97. The molecular formula is C34H33ClN4O. The smallest absolute Gasteiger partial charge is 0.223 e. The summed E-state index contributed by atoms with van der Waals surface area (Å²) in [5.74, 6) is 2.40. The highest BCUT2D eigenvalue weighted by Gasteiger charge is 2.20. The zero-order chi connectivity index (χ0) is 27.5. The van der Waals surface area contributed by atoms with E-state index in [1.807, 2.05) is 48.5 Å². The quantitative estimate of drug-likeness (QED) is 0.221. The minimum Gasteiger partial charge on any atom is -0.456 e. The van der Waals surface area contributed by atoms with Gasteiger partial charge in [0.2, 0.25) is 5.95 Å². The number of piperidine rings is 1. The molecule has 0 atom stereocenters. The van der Waals surface area contributed by atoms with Crippen molar-refractivity contribution in [1.29, 1.82) is 0 Å². The van der Waals surface area contributed by atoms with Gasteiger partial charge in [-0.3, -0.25) is 4.90 Å². The Bertz CT molecular complexity index is 1630. The van der Waals surface area contributed by atoms with Crippen molar-refractivity contribution in [3.63, 3.8) is 0 Å². The lowest BCUT2D eigenvalue weighted by Gasteiger charge is -2.32. The molecule has 0 saturated carbocycles. The maximum atomic E-state index is 6.34. The molecule has 0 aliphatic carbocycles. The Kier molecular flexibility index (Phi) is 7.67. The van der Waals surface area contributed by atoms with Gasteiger partial charge in [0, 0.05) is 41.6 Å². The van der Waals surface area contributed by atoms with Crippen LogP contribution < -0.4 is 10.1 Å². The number of nitrogens with one attached hydrogen (secondary N) is 1. The second kappa shape index (κ2) is 11.7. The molecule has 0 radical (unpaired) electrons. The molecule has 0 bridgehead atoms. The largest absolute Gasteiger partial charge is 0.456 e. The number of hydrogen-bond donors (Lipinski definition) is 1. The van der Waals surface area contributed by atoms with E-state index in [0.717, 1.165) is 82.3 Å². The third kappa shape index (κ3) is 5.96. The van der Waals surface area contributed by atoms with Crippen molar-refractivity contribution in [2.75, 3.05) is 18.4 Å². The number of para-hydroxylation sites is 2. The second-order valence-electron chi connectivity index (χ2n) is 10.5. The molecule has 1 aliphatic heterocycles. The Balaban J connectivity index is 1.15. The number of likely N-dealkylation sites (tertiary alicyclic amines) is 1. The fourth-order valence-corrected chi connectivity index (χ4v) is 5.49. The molecule has 2 heterocycles. The number of ether oxygens (including phenoxy) is 1. The van der Waals surface area contributed by atoms with Crippen molar-refractivity contribution < 1.29 is 4.74 Å². The van der Waals surface area contributed by atoms with E-state index < -0.39 is 0 Å². The van der Waals surface area contributed by atoms with E-state index in [-0.39, 0.29) is 0 Å². The SMILES string of the molecule is Cc1ccccc1Oc1ccccc1-c1ccc2nc(NC3CCN(Cc4ccc(Cl)cc4)CC3)nc(C)c2c1. The first-order valence-corrected chi connectivity index (χ1v) is 14.2. The summed E-state index contributed by atoms with van der Waals surface area (Å²) in [7, 11) is 0. The van der Waals surface area contributed by atoms with Crippen LogP contribution >= 0.6 is 11.6 Å². The van der Waals surface area contributed by atoms with Gasteiger partial charge in [0.25, 0.3) is 0 Å². The molecule has 5 aromatic rings. The Morgan fingerprint density at radius 2 is 1.57 bits per heavy atom. The summed E-state index contributed by atoms with van der Waals surface area (Å²) in [6.45, 7) is 7.16. The Morgan fingerprint density at radius 3 is 2.35 bits per heavy atom. The lowest BCUT2D eigenvalue weighted by Crippen LogP contribution is -2.39. The third-order valence-corrected chi connectivity index (χ3v) is 7.89. The van der Waals surface area contributed by atoms with Gasteiger partial charge in [-0.05, 0) is 79.8 Å². The van der Waals surface area contributed by atoms with Gasteiger partial charge in [-0.15, -0.1) is 0 Å². The number of aromatic nitrogens is 2. The van der Waals surface area contributed by atoms with Crippen LogP contribution in [0.25, 0.3) is 22.0 Å². The molecule has 1 aromatic heterocycles. The van der Waals surface area contributed by atoms with Crippen molar-refractivity contribution in [3.05, 3.63) is 113 Å². The normalized spacial score (nSPS) is 14.4. The summed E-state index contributed by atoms with van der Waals surface area (Å²) in [5.41, 5.74) is 6.43. The Hall–Kier alpha value is -3.93. The molecule has 0 spiro atoms. The molecule has 0 amide bonds. The molecule has 1 saturated heterocycles. The molecule has 4 aromatic carbocycles. The zero-order valence-corrected chi connectivity index (χ0v) is 23.7. The lowest BCUT2D eigenvalue weighted by atomic mass is 10.0. The first-order chi connectivity index (χ1) is 19.5. The first kappa shape index (κ1) is 26.3. The number of hydrogen-bond acceptors (Lipinski definition) is 5. The molecule has 6 rings (SSSR count). The van der Waals surface area contributed by atoms with E-state index in [1.165, 1.54) is 5.56 Å². The summed E-state index contributed by atoms with van der Waals surface area (Å²) >= 11 is 6.03. The molecule has 40 heavy (non-hydrogen) atoms. The van der Waals surface area contributed by atoms with Gasteiger partial charge in [0.15, 0.2) is 0 Å². The van der Waals surface area contributed by atoms with Crippen LogP contribution in [-0.2, 0) is 6.54 Å². The summed E-state index contributed by atoms with van der Waals surface area (Å²) in [6, 6.07) is 31.1. The molecule has 1 fully saturated rings. The number of anilines is 1. The van der Waals surface area contributed by atoms with Crippen LogP contribution in [0.5, 0.6) is 11.5 Å². The van der Waals surface area contributed by atoms with E-state index in [2.05, 4.69) is 66.5 Å². The van der Waals surface area contributed by atoms with Crippen LogP contribution in [0.1, 0.15) is 29.7 Å². The van der Waals surface area contributed by atoms with E-state index >= 15 is 0 Å². The van der Waals surface area contributed by atoms with Gasteiger partial charge in [-0.1, -0.05) is 66.2 Å². The van der Waals surface area contributed by atoms with E-state index in [0.29, 0.717) is 12.0 Å². The molecule has 6 heteroatoms. The van der Waals surface area contributed by atoms with Gasteiger partial charge < -0.3 is 10.1 Å². The van der Waals surface area contributed by atoms with E-state index in [9.17, 15) is 0 Å². The highest BCUT2D eigenvalue weighted by Crippen LogP contribution is 2.36. The maximum Gasteiger partial charge on any atom is 0.223 e. The summed E-state index contributed by atoms with van der Waals surface area (Å²) in [5, 5.41) is 5.44. The van der Waals surface area contributed by atoms with Crippen LogP contribution in [0.3, 0.4) is 0 Å². The number of benzene rings is 4. The van der Waals surface area contributed by atoms with Crippen LogP contribution in [-0.4, -0.2) is 34.0 Å². The fourth-order valence-electron chi connectivity index (χ4n) is 5.36. The molecule has 1 aliphatic rings. The monoisotopic (exact) mass is 548 g/mol. The molecule has 5 nitrogen and oxygen atoms in total. The lowest BCUT2D eigenvalue weighted by molar-refractivity contribution is 0.211. The number of fused-ring (bicyclic) bond motifs is 1. The second-order valence-corrected chi connectivity index (χ2v) is 11.0. The Labute approximate surface area is 240 Å². The first-order valence-electron chi connectivity index (χ1n) is 13.9. The molecular weight excluding hydrogens is 516 g/mol. The fraction of sp³-hybridized carbons (Fsp3) is 0.235. The number of aryl methyl sites for hydroxylation is 2. The molecule has 1 N–H and O–H groups in total. The van der Waals surface area contributed by atoms with Gasteiger partial charge >= 0.3 is 0 Å². The van der Waals surface area contributed by atoms with Gasteiger partial charge in [0.1, 0.15) is 11.5 Å². The summed E-state index contributed by atoms with van der Waals surface area (Å²) in [6.07, 6.45) is 2.12. The average molecular weight is 549 g/mol. The number of nitrogens with zero attached hydrogens (tertiary/aromatic N) is 3. The Morgan fingerprint density at radius 1 is 0.850 bits per heavy atom. The highest BCUT2D eigenvalue weighted by atomic mass is 35.5. The minimum atomic E-state index is 0.364. The number of rotatable bonds is 7.